The molecule has 5 heteroatoms. The lowest BCUT2D eigenvalue weighted by Gasteiger charge is -2.31. The van der Waals surface area contributed by atoms with Gasteiger partial charge in [0.15, 0.2) is 5.78 Å². The van der Waals surface area contributed by atoms with Gasteiger partial charge in [0, 0.05) is 5.41 Å². The molecule has 0 saturated heterocycles. The van der Waals surface area contributed by atoms with E-state index in [0.29, 0.717) is 0 Å². The van der Waals surface area contributed by atoms with Crippen LogP contribution in [0, 0.1) is 16.7 Å². The third kappa shape index (κ3) is 1.99. The number of carbonyl (C=O) groups excluding carboxylic acids is 1. The molecule has 0 amide bonds. The molecule has 0 radical (unpaired) electrons. The standard InChI is InChI=1S/C17H20O4S/c1-16(2)14-8-9-17(16,3)15(18)13(14)10-11-4-6-12(7-5-11)22(19,20)21/h4-7,10,14H,8-9H2,1-3H3,(H,19,20,21)/b13-10+/t14-,17-/m1/s1. The first-order valence-electron chi connectivity index (χ1n) is 7.41. The van der Waals surface area contributed by atoms with Gasteiger partial charge >= 0.3 is 0 Å². The summed E-state index contributed by atoms with van der Waals surface area (Å²) < 4.78 is 31.1. The number of rotatable bonds is 2. The Balaban J connectivity index is 1.99. The quantitative estimate of drug-likeness (QED) is 0.670. The molecule has 2 atom stereocenters. The van der Waals surface area contributed by atoms with Crippen LogP contribution in [0.5, 0.6) is 0 Å². The van der Waals surface area contributed by atoms with Crippen molar-refractivity contribution in [2.75, 3.05) is 0 Å². The molecule has 22 heavy (non-hydrogen) atoms. The number of carbonyl (C=O) groups is 1. The number of fused-ring (bicyclic) bond motifs is 2. The monoisotopic (exact) mass is 320 g/mol. The van der Waals surface area contributed by atoms with Gasteiger partial charge in [-0.05, 0) is 53.5 Å². The highest BCUT2D eigenvalue weighted by Crippen LogP contribution is 2.65. The van der Waals surface area contributed by atoms with Gasteiger partial charge in [0.05, 0.1) is 4.90 Å². The molecule has 2 bridgehead atoms. The van der Waals surface area contributed by atoms with Crippen molar-refractivity contribution in [1.29, 1.82) is 0 Å². The molecule has 0 heterocycles. The molecule has 0 spiro atoms. The van der Waals surface area contributed by atoms with Crippen molar-refractivity contribution >= 4 is 22.0 Å². The van der Waals surface area contributed by atoms with Crippen molar-refractivity contribution in [1.82, 2.24) is 0 Å². The highest BCUT2D eigenvalue weighted by atomic mass is 32.2. The third-order valence-electron chi connectivity index (χ3n) is 5.87. The smallest absolute Gasteiger partial charge is 0.294 e. The zero-order valence-corrected chi connectivity index (χ0v) is 13.8. The lowest BCUT2D eigenvalue weighted by molar-refractivity contribution is -0.125. The van der Waals surface area contributed by atoms with E-state index < -0.39 is 10.1 Å². The van der Waals surface area contributed by atoms with E-state index in [1.807, 2.05) is 6.08 Å². The average molecular weight is 320 g/mol. The summed E-state index contributed by atoms with van der Waals surface area (Å²) in [4.78, 5) is 12.6. The number of Topliss-reactive ketones (excluding diaryl/α,β-unsaturated/α-hetero) is 1. The summed E-state index contributed by atoms with van der Waals surface area (Å²) in [6.07, 6.45) is 3.82. The minimum Gasteiger partial charge on any atom is -0.294 e. The Kier molecular flexibility index (Phi) is 3.17. The average Bonchev–Trinajstić information content (AvgIpc) is 2.73. The molecule has 3 rings (SSSR count). The van der Waals surface area contributed by atoms with Crippen LogP contribution >= 0.6 is 0 Å². The predicted octanol–water partition coefficient (Wildman–Crippen LogP) is 3.34. The van der Waals surface area contributed by atoms with Gasteiger partial charge in [0.1, 0.15) is 0 Å². The number of hydrogen-bond donors (Lipinski definition) is 1. The largest absolute Gasteiger partial charge is 0.294 e. The molecule has 2 aliphatic rings. The summed E-state index contributed by atoms with van der Waals surface area (Å²) in [5.41, 5.74) is 1.29. The summed E-state index contributed by atoms with van der Waals surface area (Å²) in [5.74, 6) is 0.471. The molecule has 2 fully saturated rings. The lowest BCUT2D eigenvalue weighted by atomic mass is 9.70. The van der Waals surface area contributed by atoms with Crippen LogP contribution in [0.4, 0.5) is 0 Å². The van der Waals surface area contributed by atoms with Crippen LogP contribution in [0.1, 0.15) is 39.2 Å². The summed E-state index contributed by atoms with van der Waals surface area (Å²) >= 11 is 0. The van der Waals surface area contributed by atoms with Crippen molar-refractivity contribution in [2.24, 2.45) is 16.7 Å². The van der Waals surface area contributed by atoms with Gasteiger partial charge < -0.3 is 0 Å². The van der Waals surface area contributed by atoms with Crippen molar-refractivity contribution in [3.63, 3.8) is 0 Å². The van der Waals surface area contributed by atoms with E-state index in [-0.39, 0.29) is 27.4 Å². The minimum absolute atomic E-state index is 0.0374. The Morgan fingerprint density at radius 2 is 1.77 bits per heavy atom. The van der Waals surface area contributed by atoms with Gasteiger partial charge in [0.2, 0.25) is 0 Å². The van der Waals surface area contributed by atoms with E-state index in [0.717, 1.165) is 24.0 Å². The van der Waals surface area contributed by atoms with Crippen molar-refractivity contribution < 1.29 is 17.8 Å². The van der Waals surface area contributed by atoms with Crippen LogP contribution in [0.25, 0.3) is 6.08 Å². The zero-order valence-electron chi connectivity index (χ0n) is 13.0. The Labute approximate surface area is 131 Å². The molecule has 0 aromatic heterocycles. The Hall–Kier alpha value is -1.46. The summed E-state index contributed by atoms with van der Waals surface area (Å²) in [6.45, 7) is 6.37. The van der Waals surface area contributed by atoms with Crippen molar-refractivity contribution in [3.8, 4) is 0 Å². The van der Waals surface area contributed by atoms with Gasteiger partial charge in [-0.2, -0.15) is 8.42 Å². The van der Waals surface area contributed by atoms with Crippen LogP contribution in [-0.4, -0.2) is 18.8 Å². The Morgan fingerprint density at radius 1 is 1.18 bits per heavy atom. The van der Waals surface area contributed by atoms with Crippen LogP contribution in [0.3, 0.4) is 0 Å². The Bertz CT molecular complexity index is 771. The van der Waals surface area contributed by atoms with Crippen molar-refractivity contribution in [3.05, 3.63) is 35.4 Å². The molecular formula is C17H20O4S. The van der Waals surface area contributed by atoms with E-state index >= 15 is 0 Å². The summed E-state index contributed by atoms with van der Waals surface area (Å²) in [6, 6.07) is 5.94. The number of ketones is 1. The molecule has 1 N–H and O–H groups in total. The molecule has 4 nitrogen and oxygen atoms in total. The normalized spacial score (nSPS) is 31.9. The van der Waals surface area contributed by atoms with E-state index in [1.165, 1.54) is 12.1 Å². The number of hydrogen-bond acceptors (Lipinski definition) is 3. The van der Waals surface area contributed by atoms with Gasteiger partial charge in [0.25, 0.3) is 10.1 Å². The van der Waals surface area contributed by atoms with Crippen LogP contribution in [0.2, 0.25) is 0 Å². The molecule has 2 saturated carbocycles. The summed E-state index contributed by atoms with van der Waals surface area (Å²) in [7, 11) is -4.18. The first-order chi connectivity index (χ1) is 10.1. The SMILES string of the molecule is CC1(C)[C@@H]2CC[C@]1(C)C(=O)/C2=C/c1ccc(S(=O)(=O)O)cc1. The highest BCUT2D eigenvalue weighted by molar-refractivity contribution is 7.85. The van der Waals surface area contributed by atoms with Crippen molar-refractivity contribution in [2.45, 2.75) is 38.5 Å². The number of benzene rings is 1. The maximum Gasteiger partial charge on any atom is 0.294 e. The van der Waals surface area contributed by atoms with Crippen LogP contribution in [-0.2, 0) is 14.9 Å². The second-order valence-electron chi connectivity index (χ2n) is 7.12. The Morgan fingerprint density at radius 3 is 2.23 bits per heavy atom. The van der Waals surface area contributed by atoms with Gasteiger partial charge in [-0.15, -0.1) is 0 Å². The fourth-order valence-corrected chi connectivity index (χ4v) is 4.49. The minimum atomic E-state index is -4.18. The molecule has 0 aliphatic heterocycles. The fraction of sp³-hybridized carbons (Fsp3) is 0.471. The van der Waals surface area contributed by atoms with Gasteiger partial charge in [-0.25, -0.2) is 0 Å². The van der Waals surface area contributed by atoms with Gasteiger partial charge in [-0.1, -0.05) is 32.9 Å². The van der Waals surface area contributed by atoms with E-state index in [4.69, 9.17) is 4.55 Å². The van der Waals surface area contributed by atoms with Crippen LogP contribution < -0.4 is 0 Å². The topological polar surface area (TPSA) is 71.4 Å². The number of allylic oxidation sites excluding steroid dienone is 1. The summed E-state index contributed by atoms with van der Waals surface area (Å²) in [5, 5.41) is 0. The predicted molar refractivity (Wildman–Crippen MR) is 83.9 cm³/mol. The van der Waals surface area contributed by atoms with E-state index in [9.17, 15) is 13.2 Å². The maximum absolute atomic E-state index is 12.7. The third-order valence-corrected chi connectivity index (χ3v) is 6.73. The molecule has 0 unspecified atom stereocenters. The van der Waals surface area contributed by atoms with E-state index in [1.54, 1.807) is 12.1 Å². The molecule has 2 aliphatic carbocycles. The van der Waals surface area contributed by atoms with E-state index in [2.05, 4.69) is 20.8 Å². The van der Waals surface area contributed by atoms with Crippen LogP contribution in [0.15, 0.2) is 34.7 Å². The zero-order chi connectivity index (χ0) is 16.3. The molecule has 1 aromatic rings. The lowest BCUT2D eigenvalue weighted by Crippen LogP contribution is -2.32. The molecule has 1 aromatic carbocycles. The first-order valence-corrected chi connectivity index (χ1v) is 8.85. The molecular weight excluding hydrogens is 300 g/mol. The second kappa shape index (κ2) is 4.52. The molecule has 118 valence electrons. The van der Waals surface area contributed by atoms with Gasteiger partial charge in [-0.3, -0.25) is 9.35 Å². The maximum atomic E-state index is 12.7. The highest BCUT2D eigenvalue weighted by Gasteiger charge is 2.63. The first kappa shape index (κ1) is 15.4. The fourth-order valence-electron chi connectivity index (χ4n) is 4.01. The second-order valence-corrected chi connectivity index (χ2v) is 8.54.